The van der Waals surface area contributed by atoms with E-state index in [0.717, 1.165) is 47.8 Å². The zero-order valence-electron chi connectivity index (χ0n) is 17.2. The molecule has 1 fully saturated rings. The molecular weight excluding hydrogens is 394 g/mol. The smallest absolute Gasteiger partial charge is 0.261 e. The van der Waals surface area contributed by atoms with Crippen molar-refractivity contribution in [1.82, 2.24) is 14.9 Å². The van der Waals surface area contributed by atoms with E-state index in [1.165, 1.54) is 0 Å². The molecular formula is C24H25N3O4. The van der Waals surface area contributed by atoms with Crippen molar-refractivity contribution in [2.75, 3.05) is 13.1 Å². The fourth-order valence-electron chi connectivity index (χ4n) is 4.58. The zero-order chi connectivity index (χ0) is 21.4. The number of aromatic amines is 1. The number of carbonyl (C=O) groups is 1. The number of carbonyl (C=O) groups excluding carboxylic acids is 1. The number of nitrogens with zero attached hydrogens (tertiary/aromatic N) is 2. The van der Waals surface area contributed by atoms with Gasteiger partial charge in [0.2, 0.25) is 0 Å². The summed E-state index contributed by atoms with van der Waals surface area (Å²) in [6, 6.07) is 11.2. The normalized spacial score (nSPS) is 21.0. The van der Waals surface area contributed by atoms with Crippen LogP contribution in [-0.4, -0.2) is 51.2 Å². The lowest BCUT2D eigenvalue weighted by Crippen LogP contribution is -2.51. The maximum atomic E-state index is 13.0. The summed E-state index contributed by atoms with van der Waals surface area (Å²) < 4.78 is 6.12. The molecule has 7 heteroatoms. The number of ether oxygens (including phenoxy) is 1. The number of amides is 1. The van der Waals surface area contributed by atoms with E-state index in [4.69, 9.17) is 4.74 Å². The largest absolute Gasteiger partial charge is 0.487 e. The predicted molar refractivity (Wildman–Crippen MR) is 116 cm³/mol. The third-order valence-corrected chi connectivity index (χ3v) is 6.26. The molecule has 2 aliphatic rings. The molecule has 1 saturated heterocycles. The molecule has 0 saturated carbocycles. The number of likely N-dealkylation sites (tertiary alicyclic amines) is 1. The second kappa shape index (κ2) is 8.15. The fraction of sp³-hybridized carbons (Fsp3) is 0.375. The number of benzene rings is 1. The average Bonchev–Trinajstić information content (AvgIpc) is 2.79. The van der Waals surface area contributed by atoms with Gasteiger partial charge in [-0.3, -0.25) is 14.6 Å². The Balaban J connectivity index is 1.31. The van der Waals surface area contributed by atoms with E-state index in [9.17, 15) is 14.7 Å². The number of nitrogens with one attached hydrogen (secondary N) is 1. The number of aliphatic hydroxyl groups is 1. The van der Waals surface area contributed by atoms with Crippen LogP contribution in [0.3, 0.4) is 0 Å². The average molecular weight is 419 g/mol. The van der Waals surface area contributed by atoms with Crippen LogP contribution in [0.25, 0.3) is 10.9 Å². The van der Waals surface area contributed by atoms with Gasteiger partial charge < -0.3 is 19.7 Å². The van der Waals surface area contributed by atoms with Crippen molar-refractivity contribution >= 4 is 16.8 Å². The van der Waals surface area contributed by atoms with Gasteiger partial charge in [-0.05, 0) is 61.6 Å². The van der Waals surface area contributed by atoms with Gasteiger partial charge in [-0.2, -0.15) is 0 Å². The summed E-state index contributed by atoms with van der Waals surface area (Å²) in [6.07, 6.45) is 4.79. The van der Waals surface area contributed by atoms with Crippen molar-refractivity contribution in [1.29, 1.82) is 0 Å². The first-order valence-electron chi connectivity index (χ1n) is 10.8. The van der Waals surface area contributed by atoms with E-state index in [-0.39, 0.29) is 23.6 Å². The summed E-state index contributed by atoms with van der Waals surface area (Å²) in [4.78, 5) is 34.3. The van der Waals surface area contributed by atoms with Crippen molar-refractivity contribution in [3.8, 4) is 5.75 Å². The van der Waals surface area contributed by atoms with Gasteiger partial charge in [-0.15, -0.1) is 0 Å². The molecule has 0 bridgehead atoms. The number of rotatable bonds is 3. The Morgan fingerprint density at radius 1 is 1.19 bits per heavy atom. The maximum Gasteiger partial charge on any atom is 0.261 e. The topological polar surface area (TPSA) is 95.5 Å². The molecule has 2 N–H and O–H groups in total. The number of H-pyrrole nitrogens is 1. The number of aryl methyl sites for hydroxylation is 2. The molecule has 31 heavy (non-hydrogen) atoms. The van der Waals surface area contributed by atoms with Gasteiger partial charge >= 0.3 is 0 Å². The van der Waals surface area contributed by atoms with Crippen molar-refractivity contribution in [2.45, 2.75) is 44.3 Å². The van der Waals surface area contributed by atoms with Crippen molar-refractivity contribution in [3.05, 3.63) is 69.8 Å². The van der Waals surface area contributed by atoms with Crippen LogP contribution in [0.15, 0.2) is 47.4 Å². The molecule has 0 spiro atoms. The Hall–Kier alpha value is -3.19. The van der Waals surface area contributed by atoms with E-state index >= 15 is 0 Å². The number of aliphatic hydroxyl groups excluding tert-OH is 1. The second-order valence-electron chi connectivity index (χ2n) is 8.31. The first-order valence-corrected chi connectivity index (χ1v) is 10.8. The van der Waals surface area contributed by atoms with Crippen LogP contribution in [0.2, 0.25) is 0 Å². The molecule has 2 aromatic heterocycles. The number of β-amino-alcohol motifs (C(OH)–C–C–N with tert-alkyl or cyclic N) is 1. The van der Waals surface area contributed by atoms with E-state index < -0.39 is 12.2 Å². The van der Waals surface area contributed by atoms with Crippen molar-refractivity contribution < 1.29 is 14.6 Å². The van der Waals surface area contributed by atoms with E-state index in [0.29, 0.717) is 18.7 Å². The van der Waals surface area contributed by atoms with Crippen molar-refractivity contribution in [3.63, 3.8) is 0 Å². The number of fused-ring (bicyclic) bond motifs is 2. The molecule has 7 nitrogen and oxygen atoms in total. The van der Waals surface area contributed by atoms with Crippen LogP contribution in [-0.2, 0) is 12.8 Å². The Morgan fingerprint density at radius 3 is 2.94 bits per heavy atom. The molecule has 160 valence electrons. The third kappa shape index (κ3) is 3.81. The number of aromatic nitrogens is 2. The SMILES string of the molecule is O=C(c1cc2c([nH]c1=O)CCCC2)N1CC[C@@H](Oc2cccc3ncccc23)[C@H](O)C1. The van der Waals surface area contributed by atoms with Gasteiger partial charge in [0.05, 0.1) is 12.1 Å². The highest BCUT2D eigenvalue weighted by Crippen LogP contribution is 2.27. The molecule has 0 unspecified atom stereocenters. The summed E-state index contributed by atoms with van der Waals surface area (Å²) in [5.74, 6) is 0.335. The minimum absolute atomic E-state index is 0.128. The predicted octanol–water partition coefficient (Wildman–Crippen LogP) is 2.46. The van der Waals surface area contributed by atoms with Crippen LogP contribution in [0, 0.1) is 0 Å². The van der Waals surface area contributed by atoms with Crippen molar-refractivity contribution in [2.24, 2.45) is 0 Å². The quantitative estimate of drug-likeness (QED) is 0.680. The first kappa shape index (κ1) is 19.8. The third-order valence-electron chi connectivity index (χ3n) is 6.26. The summed E-state index contributed by atoms with van der Waals surface area (Å²) in [5.41, 5.74) is 2.64. The Morgan fingerprint density at radius 2 is 2.06 bits per heavy atom. The minimum Gasteiger partial charge on any atom is -0.487 e. The molecule has 1 aliphatic carbocycles. The fourth-order valence-corrected chi connectivity index (χ4v) is 4.58. The molecule has 5 rings (SSSR count). The van der Waals surface area contributed by atoms with Crippen LogP contribution >= 0.6 is 0 Å². The Kier molecular flexibility index (Phi) is 5.19. The van der Waals surface area contributed by atoms with Crippen LogP contribution in [0.5, 0.6) is 5.75 Å². The van der Waals surface area contributed by atoms with Crippen LogP contribution in [0.4, 0.5) is 0 Å². The molecule has 3 heterocycles. The van der Waals surface area contributed by atoms with E-state index in [1.807, 2.05) is 30.3 Å². The summed E-state index contributed by atoms with van der Waals surface area (Å²) in [6.45, 7) is 0.545. The summed E-state index contributed by atoms with van der Waals surface area (Å²) in [7, 11) is 0. The standard InChI is InChI=1S/C24H25N3O4/c28-20-14-27(24(30)17-13-15-5-1-2-7-18(15)26-23(17)29)12-10-22(20)31-21-9-3-8-19-16(21)6-4-11-25-19/h3-4,6,8-9,11,13,20,22,28H,1-2,5,7,10,12,14H2,(H,26,29)/t20-,22-/m1/s1. The Labute approximate surface area is 179 Å². The molecule has 3 aromatic rings. The molecule has 1 aliphatic heterocycles. The molecule has 2 atom stereocenters. The molecule has 1 amide bonds. The number of piperidine rings is 1. The van der Waals surface area contributed by atoms with Gasteiger partial charge in [-0.25, -0.2) is 0 Å². The minimum atomic E-state index is -0.846. The van der Waals surface area contributed by atoms with E-state index in [1.54, 1.807) is 17.2 Å². The Bertz CT molecular complexity index is 1180. The second-order valence-corrected chi connectivity index (χ2v) is 8.31. The van der Waals surface area contributed by atoms with Crippen LogP contribution < -0.4 is 10.3 Å². The first-order chi connectivity index (χ1) is 15.1. The maximum absolute atomic E-state index is 13.0. The monoisotopic (exact) mass is 419 g/mol. The zero-order valence-corrected chi connectivity index (χ0v) is 17.2. The molecule has 1 aromatic carbocycles. The highest BCUT2D eigenvalue weighted by Gasteiger charge is 2.33. The summed E-state index contributed by atoms with van der Waals surface area (Å²) >= 11 is 0. The van der Waals surface area contributed by atoms with Crippen LogP contribution in [0.1, 0.15) is 40.9 Å². The van der Waals surface area contributed by atoms with Gasteiger partial charge in [0, 0.05) is 30.2 Å². The highest BCUT2D eigenvalue weighted by atomic mass is 16.5. The number of hydrogen-bond donors (Lipinski definition) is 2. The van der Waals surface area contributed by atoms with Gasteiger partial charge in [0.1, 0.15) is 23.5 Å². The van der Waals surface area contributed by atoms with E-state index in [2.05, 4.69) is 9.97 Å². The lowest BCUT2D eigenvalue weighted by atomic mass is 9.94. The summed E-state index contributed by atoms with van der Waals surface area (Å²) in [5, 5.41) is 11.6. The van der Waals surface area contributed by atoms with Gasteiger partial charge in [0.15, 0.2) is 0 Å². The number of pyridine rings is 2. The lowest BCUT2D eigenvalue weighted by molar-refractivity contribution is -0.0193. The number of hydrogen-bond acceptors (Lipinski definition) is 5. The lowest BCUT2D eigenvalue weighted by Gasteiger charge is -2.36. The molecule has 0 radical (unpaired) electrons. The van der Waals surface area contributed by atoms with Gasteiger partial charge in [0.25, 0.3) is 11.5 Å². The van der Waals surface area contributed by atoms with Gasteiger partial charge in [-0.1, -0.05) is 6.07 Å². The highest BCUT2D eigenvalue weighted by molar-refractivity contribution is 5.94.